The molecule has 41 heavy (non-hydrogen) atoms. The largest absolute Gasteiger partial charge is 0.508 e. The van der Waals surface area contributed by atoms with Crippen molar-refractivity contribution in [1.82, 2.24) is 0 Å². The van der Waals surface area contributed by atoms with E-state index in [2.05, 4.69) is 96.1 Å². The quantitative estimate of drug-likeness (QED) is 0.169. The van der Waals surface area contributed by atoms with Crippen LogP contribution in [0.2, 0.25) is 0 Å². The van der Waals surface area contributed by atoms with Gasteiger partial charge in [-0.1, -0.05) is 129 Å². The first kappa shape index (κ1) is 32.6. The number of aromatic hydroxyl groups is 1. The Morgan fingerprint density at radius 1 is 0.512 bits per heavy atom. The molecular formula is C38H54O3. The van der Waals surface area contributed by atoms with E-state index < -0.39 is 11.2 Å². The molecule has 1 N–H and O–H groups in total. The summed E-state index contributed by atoms with van der Waals surface area (Å²) in [6.45, 7) is 13.3. The molecule has 0 atom stereocenters. The van der Waals surface area contributed by atoms with Gasteiger partial charge < -0.3 is 14.6 Å². The molecule has 0 saturated heterocycles. The Morgan fingerprint density at radius 3 is 1.41 bits per heavy atom. The highest BCUT2D eigenvalue weighted by atomic mass is 16.5. The van der Waals surface area contributed by atoms with E-state index in [1.165, 1.54) is 11.1 Å². The molecule has 224 valence electrons. The fourth-order valence-corrected chi connectivity index (χ4v) is 6.67. The van der Waals surface area contributed by atoms with Crippen LogP contribution < -0.4 is 9.47 Å². The van der Waals surface area contributed by atoms with Crippen molar-refractivity contribution in [2.75, 3.05) is 0 Å². The summed E-state index contributed by atoms with van der Waals surface area (Å²) in [6.07, 6.45) is 11.2. The summed E-state index contributed by atoms with van der Waals surface area (Å²) in [6, 6.07) is 23.0. The lowest BCUT2D eigenvalue weighted by molar-refractivity contribution is 0.0178. The Bertz CT molecular complexity index is 1190. The van der Waals surface area contributed by atoms with Crippen molar-refractivity contribution in [3.63, 3.8) is 0 Å². The van der Waals surface area contributed by atoms with Crippen molar-refractivity contribution in [3.05, 3.63) is 89.0 Å². The maximum Gasteiger partial charge on any atom is 0.138 e. The van der Waals surface area contributed by atoms with Crippen molar-refractivity contribution < 1.29 is 14.6 Å². The predicted molar refractivity (Wildman–Crippen MR) is 173 cm³/mol. The average molecular weight is 559 g/mol. The molecule has 3 rings (SSSR count). The van der Waals surface area contributed by atoms with E-state index in [9.17, 15) is 5.11 Å². The minimum absolute atomic E-state index is 0.305. The molecule has 3 aromatic rings. The number of phenols is 1. The number of rotatable bonds is 18. The third-order valence-corrected chi connectivity index (χ3v) is 8.20. The van der Waals surface area contributed by atoms with E-state index in [0.29, 0.717) is 5.75 Å². The van der Waals surface area contributed by atoms with E-state index in [-0.39, 0.29) is 0 Å². The SMILES string of the molecule is CCCc1ccccc1OC(CCC)(CCC)c1cccc(O)c1C(CCC)(CCC)Oc1ccccc1CCC. The van der Waals surface area contributed by atoms with Crippen molar-refractivity contribution >= 4 is 0 Å². The van der Waals surface area contributed by atoms with Gasteiger partial charge in [-0.2, -0.15) is 0 Å². The fraction of sp³-hybridized carbons (Fsp3) is 0.526. The molecule has 3 heteroatoms. The first-order valence-corrected chi connectivity index (χ1v) is 16.3. The number of hydrogen-bond donors (Lipinski definition) is 1. The summed E-state index contributed by atoms with van der Waals surface area (Å²) in [5.74, 6) is 2.19. The van der Waals surface area contributed by atoms with Crippen LogP contribution in [-0.4, -0.2) is 5.11 Å². The van der Waals surface area contributed by atoms with Gasteiger partial charge in [-0.25, -0.2) is 0 Å². The lowest BCUT2D eigenvalue weighted by atomic mass is 9.74. The van der Waals surface area contributed by atoms with Crippen LogP contribution in [-0.2, 0) is 24.0 Å². The third-order valence-electron chi connectivity index (χ3n) is 8.20. The van der Waals surface area contributed by atoms with Crippen molar-refractivity contribution in [2.24, 2.45) is 0 Å². The molecule has 3 aromatic carbocycles. The van der Waals surface area contributed by atoms with E-state index in [1.807, 2.05) is 12.1 Å². The van der Waals surface area contributed by atoms with E-state index in [0.717, 1.165) is 99.7 Å². The first-order chi connectivity index (χ1) is 19.9. The summed E-state index contributed by atoms with van der Waals surface area (Å²) >= 11 is 0. The zero-order valence-corrected chi connectivity index (χ0v) is 26.6. The molecule has 0 saturated carbocycles. The Balaban J connectivity index is 2.31. The van der Waals surface area contributed by atoms with Gasteiger partial charge in [0.05, 0.1) is 0 Å². The molecule has 0 aromatic heterocycles. The topological polar surface area (TPSA) is 38.7 Å². The third kappa shape index (κ3) is 7.67. The van der Waals surface area contributed by atoms with Crippen LogP contribution in [0.5, 0.6) is 17.2 Å². The van der Waals surface area contributed by atoms with Crippen molar-refractivity contribution in [1.29, 1.82) is 0 Å². The van der Waals surface area contributed by atoms with Crippen molar-refractivity contribution in [2.45, 2.75) is 130 Å². The van der Waals surface area contributed by atoms with E-state index in [4.69, 9.17) is 9.47 Å². The Labute approximate surface area is 250 Å². The normalized spacial score (nSPS) is 12.0. The van der Waals surface area contributed by atoms with Gasteiger partial charge in [-0.05, 0) is 67.9 Å². The second-order valence-corrected chi connectivity index (χ2v) is 11.6. The number of hydrogen-bond acceptors (Lipinski definition) is 3. The summed E-state index contributed by atoms with van der Waals surface area (Å²) in [5.41, 5.74) is 3.19. The molecule has 0 aliphatic rings. The lowest BCUT2D eigenvalue weighted by Crippen LogP contribution is -2.41. The summed E-state index contributed by atoms with van der Waals surface area (Å²) in [5, 5.41) is 11.8. The molecule has 0 amide bonds. The number of ether oxygens (including phenoxy) is 2. The van der Waals surface area contributed by atoms with Gasteiger partial charge >= 0.3 is 0 Å². The smallest absolute Gasteiger partial charge is 0.138 e. The zero-order chi connectivity index (χ0) is 29.7. The predicted octanol–water partition coefficient (Wildman–Crippen LogP) is 11.0. The Morgan fingerprint density at radius 2 is 0.951 bits per heavy atom. The van der Waals surface area contributed by atoms with Crippen LogP contribution in [0.15, 0.2) is 66.7 Å². The maximum atomic E-state index is 11.8. The minimum atomic E-state index is -0.674. The van der Waals surface area contributed by atoms with Crippen LogP contribution in [0.3, 0.4) is 0 Å². The summed E-state index contributed by atoms with van der Waals surface area (Å²) < 4.78 is 14.5. The standard InChI is InChI=1S/C38H54O3/c1-7-18-30-20-13-15-24-34(30)40-37(26-9-3,27-10-4)32-22-17-23-33(39)36(32)38(28-11-5,29-12-6)41-35-25-16-14-21-31(35)19-8-2/h13-17,20-25,39H,7-12,18-19,26-29H2,1-6H3. The monoisotopic (exact) mass is 558 g/mol. The molecule has 0 fully saturated rings. The van der Waals surface area contributed by atoms with Crippen LogP contribution in [0.1, 0.15) is 128 Å². The van der Waals surface area contributed by atoms with Gasteiger partial charge in [0.2, 0.25) is 0 Å². The van der Waals surface area contributed by atoms with Crippen LogP contribution in [0, 0.1) is 0 Å². The number of aryl methyl sites for hydroxylation is 2. The van der Waals surface area contributed by atoms with Crippen LogP contribution in [0.25, 0.3) is 0 Å². The number of phenolic OH excluding ortho intramolecular Hbond substituents is 1. The Hall–Kier alpha value is -2.94. The first-order valence-electron chi connectivity index (χ1n) is 16.3. The molecule has 0 aliphatic heterocycles. The van der Waals surface area contributed by atoms with Crippen LogP contribution >= 0.6 is 0 Å². The van der Waals surface area contributed by atoms with Crippen LogP contribution in [0.4, 0.5) is 0 Å². The molecule has 0 radical (unpaired) electrons. The highest BCUT2D eigenvalue weighted by molar-refractivity contribution is 5.49. The molecule has 0 heterocycles. The van der Waals surface area contributed by atoms with Crippen molar-refractivity contribution in [3.8, 4) is 17.2 Å². The van der Waals surface area contributed by atoms with Gasteiger partial charge in [0.15, 0.2) is 0 Å². The molecule has 0 aliphatic carbocycles. The lowest BCUT2D eigenvalue weighted by Gasteiger charge is -2.43. The highest BCUT2D eigenvalue weighted by Crippen LogP contribution is 2.49. The Kier molecular flexibility index (Phi) is 12.6. The summed E-state index contributed by atoms with van der Waals surface area (Å²) in [7, 11) is 0. The molecule has 0 unspecified atom stereocenters. The minimum Gasteiger partial charge on any atom is -0.508 e. The second kappa shape index (κ2) is 15.9. The van der Waals surface area contributed by atoms with Gasteiger partial charge in [0, 0.05) is 11.1 Å². The van der Waals surface area contributed by atoms with Gasteiger partial charge in [0.1, 0.15) is 28.5 Å². The van der Waals surface area contributed by atoms with E-state index >= 15 is 0 Å². The molecule has 0 bridgehead atoms. The zero-order valence-electron chi connectivity index (χ0n) is 26.6. The average Bonchev–Trinajstić information content (AvgIpc) is 2.96. The van der Waals surface area contributed by atoms with Gasteiger partial charge in [-0.15, -0.1) is 0 Å². The molecular weight excluding hydrogens is 504 g/mol. The molecule has 0 spiro atoms. The second-order valence-electron chi connectivity index (χ2n) is 11.6. The molecule has 3 nitrogen and oxygen atoms in total. The highest BCUT2D eigenvalue weighted by Gasteiger charge is 2.44. The fourth-order valence-electron chi connectivity index (χ4n) is 6.67. The summed E-state index contributed by atoms with van der Waals surface area (Å²) in [4.78, 5) is 0. The maximum absolute atomic E-state index is 11.8. The van der Waals surface area contributed by atoms with Gasteiger partial charge in [-0.3, -0.25) is 0 Å². The number of benzene rings is 3. The number of para-hydroxylation sites is 2. The van der Waals surface area contributed by atoms with E-state index in [1.54, 1.807) is 0 Å². The van der Waals surface area contributed by atoms with Gasteiger partial charge in [0.25, 0.3) is 0 Å².